The van der Waals surface area contributed by atoms with E-state index in [0.29, 0.717) is 37.0 Å². The number of aryl methyl sites for hydroxylation is 2. The number of rotatable bonds is 4. The molecule has 3 aromatic rings. The van der Waals surface area contributed by atoms with Crippen LogP contribution in [0.1, 0.15) is 41.0 Å². The first-order valence-corrected chi connectivity index (χ1v) is 8.33. The number of para-hydroxylation sites is 1. The van der Waals surface area contributed by atoms with Gasteiger partial charge in [0.15, 0.2) is 5.82 Å². The average molecular weight is 342 g/mol. The molecule has 4 rings (SSSR count). The first kappa shape index (κ1) is 16.0. The van der Waals surface area contributed by atoms with Gasteiger partial charge in [-0.2, -0.15) is 5.10 Å². The lowest BCUT2D eigenvalue weighted by Gasteiger charge is -2.06. The molecule has 0 amide bonds. The first-order chi connectivity index (χ1) is 12.1. The highest BCUT2D eigenvalue weighted by atomic mass is 19.1. The molecule has 1 fully saturated rings. The van der Waals surface area contributed by atoms with Crippen molar-refractivity contribution < 1.29 is 13.7 Å². The molecule has 2 aromatic heterocycles. The van der Waals surface area contributed by atoms with Crippen molar-refractivity contribution in [3.8, 4) is 5.69 Å². The van der Waals surface area contributed by atoms with E-state index in [1.54, 1.807) is 22.9 Å². The second-order valence-electron chi connectivity index (χ2n) is 6.29. The lowest BCUT2D eigenvalue weighted by Crippen LogP contribution is -2.07. The lowest BCUT2D eigenvalue weighted by molar-refractivity contribution is 0.193. The second kappa shape index (κ2) is 6.40. The smallest absolute Gasteiger partial charge is 0.156 e. The molecule has 3 heterocycles. The van der Waals surface area contributed by atoms with Gasteiger partial charge in [0.1, 0.15) is 23.1 Å². The molecule has 1 aliphatic heterocycles. The van der Waals surface area contributed by atoms with Crippen molar-refractivity contribution in [2.75, 3.05) is 13.2 Å². The summed E-state index contributed by atoms with van der Waals surface area (Å²) in [6.07, 6.45) is 1.36. The molecule has 7 heteroatoms. The summed E-state index contributed by atoms with van der Waals surface area (Å²) in [6.45, 7) is 5.07. The zero-order valence-electron chi connectivity index (χ0n) is 14.2. The fourth-order valence-corrected chi connectivity index (χ4v) is 3.12. The number of ether oxygens (including phenoxy) is 1. The Morgan fingerprint density at radius 2 is 2.12 bits per heavy atom. The molecule has 0 spiro atoms. The van der Waals surface area contributed by atoms with Gasteiger partial charge in [-0.15, -0.1) is 0 Å². The SMILES string of the molecule is Cc1noc(C)c1Cc1nc(C2CCOC2)nn1-c1ccccc1F. The van der Waals surface area contributed by atoms with Gasteiger partial charge in [-0.3, -0.25) is 0 Å². The molecule has 0 aliphatic carbocycles. The van der Waals surface area contributed by atoms with Gasteiger partial charge in [0.25, 0.3) is 0 Å². The van der Waals surface area contributed by atoms with E-state index in [-0.39, 0.29) is 11.7 Å². The summed E-state index contributed by atoms with van der Waals surface area (Å²) in [6, 6.07) is 6.58. The molecule has 1 aromatic carbocycles. The summed E-state index contributed by atoms with van der Waals surface area (Å²) in [5, 5.41) is 8.59. The van der Waals surface area contributed by atoms with Crippen LogP contribution in [0.15, 0.2) is 28.8 Å². The quantitative estimate of drug-likeness (QED) is 0.729. The topological polar surface area (TPSA) is 66.0 Å². The Bertz CT molecular complexity index is 877. The van der Waals surface area contributed by atoms with E-state index in [4.69, 9.17) is 14.2 Å². The van der Waals surface area contributed by atoms with Crippen molar-refractivity contribution in [1.82, 2.24) is 19.9 Å². The van der Waals surface area contributed by atoms with Crippen LogP contribution in [0.2, 0.25) is 0 Å². The molecule has 0 bridgehead atoms. The molecule has 1 unspecified atom stereocenters. The summed E-state index contributed by atoms with van der Waals surface area (Å²) in [5.41, 5.74) is 2.16. The van der Waals surface area contributed by atoms with Gasteiger partial charge in [-0.1, -0.05) is 17.3 Å². The Hall–Kier alpha value is -2.54. The number of hydrogen-bond acceptors (Lipinski definition) is 5. The molecule has 0 radical (unpaired) electrons. The van der Waals surface area contributed by atoms with Crippen LogP contribution in [0.25, 0.3) is 5.69 Å². The third-order valence-corrected chi connectivity index (χ3v) is 4.58. The third-order valence-electron chi connectivity index (χ3n) is 4.58. The van der Waals surface area contributed by atoms with Crippen LogP contribution in [0.3, 0.4) is 0 Å². The number of hydrogen-bond donors (Lipinski definition) is 0. The minimum absolute atomic E-state index is 0.149. The van der Waals surface area contributed by atoms with Gasteiger partial charge in [0.2, 0.25) is 0 Å². The van der Waals surface area contributed by atoms with Crippen molar-refractivity contribution in [1.29, 1.82) is 0 Å². The second-order valence-corrected chi connectivity index (χ2v) is 6.29. The van der Waals surface area contributed by atoms with Gasteiger partial charge in [-0.05, 0) is 32.4 Å². The maximum absolute atomic E-state index is 14.3. The van der Waals surface area contributed by atoms with Crippen LogP contribution in [0.5, 0.6) is 0 Å². The number of halogens is 1. The highest BCUT2D eigenvalue weighted by Gasteiger charge is 2.25. The first-order valence-electron chi connectivity index (χ1n) is 8.33. The van der Waals surface area contributed by atoms with Gasteiger partial charge < -0.3 is 9.26 Å². The fourth-order valence-electron chi connectivity index (χ4n) is 3.12. The summed E-state index contributed by atoms with van der Waals surface area (Å²) in [7, 11) is 0. The highest BCUT2D eigenvalue weighted by molar-refractivity contribution is 5.35. The highest BCUT2D eigenvalue weighted by Crippen LogP contribution is 2.26. The van der Waals surface area contributed by atoms with Crippen molar-refractivity contribution in [3.63, 3.8) is 0 Å². The molecule has 25 heavy (non-hydrogen) atoms. The van der Waals surface area contributed by atoms with E-state index in [9.17, 15) is 4.39 Å². The molecule has 6 nitrogen and oxygen atoms in total. The van der Waals surface area contributed by atoms with Crippen LogP contribution >= 0.6 is 0 Å². The third kappa shape index (κ3) is 2.95. The predicted octanol–water partition coefficient (Wildman–Crippen LogP) is 3.11. The van der Waals surface area contributed by atoms with Gasteiger partial charge in [0.05, 0.1) is 12.3 Å². The summed E-state index contributed by atoms with van der Waals surface area (Å²) in [4.78, 5) is 4.70. The monoisotopic (exact) mass is 342 g/mol. The Balaban J connectivity index is 1.79. The van der Waals surface area contributed by atoms with Gasteiger partial charge in [-0.25, -0.2) is 14.1 Å². The van der Waals surface area contributed by atoms with Crippen LogP contribution in [0.4, 0.5) is 4.39 Å². The Morgan fingerprint density at radius 3 is 2.80 bits per heavy atom. The Morgan fingerprint density at radius 1 is 1.28 bits per heavy atom. The van der Waals surface area contributed by atoms with E-state index in [2.05, 4.69) is 10.3 Å². The van der Waals surface area contributed by atoms with Crippen molar-refractivity contribution in [2.45, 2.75) is 32.6 Å². The van der Waals surface area contributed by atoms with E-state index >= 15 is 0 Å². The standard InChI is InChI=1S/C18H19FN4O2/c1-11-14(12(2)25-22-11)9-17-20-18(13-7-8-24-10-13)21-23(17)16-6-4-3-5-15(16)19/h3-6,13H,7-10H2,1-2H3. The van der Waals surface area contributed by atoms with Crippen LogP contribution < -0.4 is 0 Å². The van der Waals surface area contributed by atoms with Gasteiger partial charge in [0, 0.05) is 24.5 Å². The average Bonchev–Trinajstić information content (AvgIpc) is 3.32. The van der Waals surface area contributed by atoms with E-state index in [0.717, 1.165) is 23.4 Å². The maximum Gasteiger partial charge on any atom is 0.156 e. The lowest BCUT2D eigenvalue weighted by atomic mass is 10.1. The normalized spacial score (nSPS) is 17.3. The summed E-state index contributed by atoms with van der Waals surface area (Å²) >= 11 is 0. The van der Waals surface area contributed by atoms with E-state index in [1.165, 1.54) is 6.07 Å². The molecular formula is C18H19FN4O2. The van der Waals surface area contributed by atoms with Crippen LogP contribution in [-0.2, 0) is 11.2 Å². The molecule has 0 saturated carbocycles. The summed E-state index contributed by atoms with van der Waals surface area (Å²) in [5.74, 6) is 1.92. The van der Waals surface area contributed by atoms with Crippen molar-refractivity contribution >= 4 is 0 Å². The van der Waals surface area contributed by atoms with Crippen molar-refractivity contribution in [3.05, 3.63) is 58.7 Å². The van der Waals surface area contributed by atoms with Crippen molar-refractivity contribution in [2.24, 2.45) is 0 Å². The summed E-state index contributed by atoms with van der Waals surface area (Å²) < 4.78 is 26.6. The molecule has 0 N–H and O–H groups in total. The van der Waals surface area contributed by atoms with E-state index in [1.807, 2.05) is 13.8 Å². The number of benzene rings is 1. The molecule has 1 atom stereocenters. The van der Waals surface area contributed by atoms with Crippen LogP contribution in [0, 0.1) is 19.7 Å². The van der Waals surface area contributed by atoms with Crippen LogP contribution in [-0.4, -0.2) is 33.1 Å². The molecular weight excluding hydrogens is 323 g/mol. The van der Waals surface area contributed by atoms with Gasteiger partial charge >= 0.3 is 0 Å². The predicted molar refractivity (Wildman–Crippen MR) is 88.3 cm³/mol. The zero-order chi connectivity index (χ0) is 17.4. The molecule has 1 aliphatic rings. The van der Waals surface area contributed by atoms with E-state index < -0.39 is 0 Å². The number of aromatic nitrogens is 4. The largest absolute Gasteiger partial charge is 0.381 e. The fraction of sp³-hybridized carbons (Fsp3) is 0.389. The number of nitrogens with zero attached hydrogens (tertiary/aromatic N) is 4. The minimum atomic E-state index is -0.332. The molecule has 1 saturated heterocycles. The Kier molecular flexibility index (Phi) is 4.09. The maximum atomic E-state index is 14.3. The zero-order valence-corrected chi connectivity index (χ0v) is 14.2. The molecule has 130 valence electrons. The minimum Gasteiger partial charge on any atom is -0.381 e. The Labute approximate surface area is 144 Å².